The van der Waals surface area contributed by atoms with Gasteiger partial charge in [-0.1, -0.05) is 72.7 Å². The molecule has 1 aromatic heterocycles. The van der Waals surface area contributed by atoms with Crippen LogP contribution in [-0.2, 0) is 11.2 Å². The van der Waals surface area contributed by atoms with E-state index in [2.05, 4.69) is 33.0 Å². The van der Waals surface area contributed by atoms with Crippen molar-refractivity contribution < 1.29 is 4.79 Å². The molecule has 0 aliphatic heterocycles. The summed E-state index contributed by atoms with van der Waals surface area (Å²) >= 11 is 3.00. The van der Waals surface area contributed by atoms with Crippen molar-refractivity contribution in [3.05, 3.63) is 35.9 Å². The van der Waals surface area contributed by atoms with Crippen LogP contribution in [0.15, 0.2) is 34.7 Å². The highest BCUT2D eigenvalue weighted by Crippen LogP contribution is 2.28. The number of aromatic nitrogens is 2. The molecule has 1 heterocycles. The molecule has 26 heavy (non-hydrogen) atoms. The van der Waals surface area contributed by atoms with Crippen molar-refractivity contribution in [3.8, 4) is 0 Å². The number of amides is 1. The molecule has 5 nitrogen and oxygen atoms in total. The maximum atomic E-state index is 12.0. The van der Waals surface area contributed by atoms with Gasteiger partial charge in [-0.15, -0.1) is 10.2 Å². The fourth-order valence-corrected chi connectivity index (χ4v) is 4.75. The Kier molecular flexibility index (Phi) is 7.76. The van der Waals surface area contributed by atoms with Gasteiger partial charge in [0.25, 0.3) is 0 Å². The molecule has 1 aromatic carbocycles. The molecular weight excluding hydrogens is 364 g/mol. The Bertz CT molecular complexity index is 671. The zero-order valence-electron chi connectivity index (χ0n) is 14.9. The lowest BCUT2D eigenvalue weighted by Crippen LogP contribution is -2.26. The molecule has 1 saturated carbocycles. The molecule has 7 heteroatoms. The zero-order chi connectivity index (χ0) is 18.0. The van der Waals surface area contributed by atoms with Crippen LogP contribution in [0.5, 0.6) is 0 Å². The largest absolute Gasteiger partial charge is 0.357 e. The first-order valence-electron chi connectivity index (χ1n) is 9.33. The highest BCUT2D eigenvalue weighted by Gasteiger charge is 2.15. The van der Waals surface area contributed by atoms with E-state index in [-0.39, 0.29) is 5.91 Å². The molecule has 3 rings (SSSR count). The van der Waals surface area contributed by atoms with Gasteiger partial charge in [0.1, 0.15) is 0 Å². The summed E-state index contributed by atoms with van der Waals surface area (Å²) in [5, 5.41) is 15.7. The van der Waals surface area contributed by atoms with E-state index in [4.69, 9.17) is 0 Å². The van der Waals surface area contributed by atoms with Gasteiger partial charge in [0, 0.05) is 12.6 Å². The first kappa shape index (κ1) is 19.2. The average Bonchev–Trinajstić information content (AvgIpc) is 3.12. The second-order valence-electron chi connectivity index (χ2n) is 6.58. The molecule has 1 aliphatic carbocycles. The van der Waals surface area contributed by atoms with Crippen LogP contribution in [0, 0.1) is 0 Å². The van der Waals surface area contributed by atoms with Crippen LogP contribution < -0.4 is 10.6 Å². The third-order valence-corrected chi connectivity index (χ3v) is 6.46. The van der Waals surface area contributed by atoms with E-state index >= 15 is 0 Å². The van der Waals surface area contributed by atoms with Crippen molar-refractivity contribution in [1.82, 2.24) is 15.5 Å². The Balaban J connectivity index is 1.30. The molecule has 140 valence electrons. The predicted octanol–water partition coefficient (Wildman–Crippen LogP) is 4.12. The van der Waals surface area contributed by atoms with E-state index in [9.17, 15) is 4.79 Å². The smallest absolute Gasteiger partial charge is 0.230 e. The van der Waals surface area contributed by atoms with Crippen LogP contribution >= 0.6 is 23.1 Å². The molecule has 1 amide bonds. The normalized spacial score (nSPS) is 14.9. The number of nitrogens with one attached hydrogen (secondary N) is 2. The van der Waals surface area contributed by atoms with E-state index in [0.717, 1.165) is 22.3 Å². The number of nitrogens with zero attached hydrogens (tertiary/aromatic N) is 2. The van der Waals surface area contributed by atoms with E-state index < -0.39 is 0 Å². The van der Waals surface area contributed by atoms with Gasteiger partial charge in [0.15, 0.2) is 4.34 Å². The topological polar surface area (TPSA) is 66.9 Å². The van der Waals surface area contributed by atoms with E-state index in [0.29, 0.717) is 18.3 Å². The van der Waals surface area contributed by atoms with Gasteiger partial charge in [-0.25, -0.2) is 0 Å². The maximum Gasteiger partial charge on any atom is 0.230 e. The summed E-state index contributed by atoms with van der Waals surface area (Å²) in [6.07, 6.45) is 8.30. The molecule has 0 spiro atoms. The van der Waals surface area contributed by atoms with E-state index in [1.165, 1.54) is 49.4 Å². The first-order chi connectivity index (χ1) is 12.8. The van der Waals surface area contributed by atoms with Crippen LogP contribution in [0.25, 0.3) is 0 Å². The molecule has 2 N–H and O–H groups in total. The highest BCUT2D eigenvalue weighted by molar-refractivity contribution is 8.01. The van der Waals surface area contributed by atoms with E-state index in [1.54, 1.807) is 11.3 Å². The Morgan fingerprint density at radius 2 is 1.96 bits per heavy atom. The van der Waals surface area contributed by atoms with Crippen LogP contribution in [0.3, 0.4) is 0 Å². The van der Waals surface area contributed by atoms with Crippen molar-refractivity contribution in [2.75, 3.05) is 17.6 Å². The van der Waals surface area contributed by atoms with Gasteiger partial charge in [-0.3, -0.25) is 4.79 Å². The highest BCUT2D eigenvalue weighted by atomic mass is 32.2. The van der Waals surface area contributed by atoms with Crippen molar-refractivity contribution in [3.63, 3.8) is 0 Å². The predicted molar refractivity (Wildman–Crippen MR) is 109 cm³/mol. The fraction of sp³-hybridized carbons (Fsp3) is 0.526. The van der Waals surface area contributed by atoms with Crippen LogP contribution in [0.1, 0.15) is 44.1 Å². The van der Waals surface area contributed by atoms with Crippen molar-refractivity contribution in [2.24, 2.45) is 0 Å². The minimum absolute atomic E-state index is 0.0556. The summed E-state index contributed by atoms with van der Waals surface area (Å²) in [5.74, 6) is 0.448. The van der Waals surface area contributed by atoms with Gasteiger partial charge in [-0.2, -0.15) is 0 Å². The summed E-state index contributed by atoms with van der Waals surface area (Å²) in [7, 11) is 0. The van der Waals surface area contributed by atoms with Crippen LogP contribution in [0.2, 0.25) is 0 Å². The number of thioether (sulfide) groups is 1. The SMILES string of the molecule is O=C(CSc1nnc(NC2CCCCC2)s1)NCCCc1ccccc1. The average molecular weight is 391 g/mol. The molecule has 0 atom stereocenters. The Hall–Kier alpha value is -1.60. The molecule has 1 fully saturated rings. The van der Waals surface area contributed by atoms with Gasteiger partial charge < -0.3 is 10.6 Å². The quantitative estimate of drug-likeness (QED) is 0.498. The van der Waals surface area contributed by atoms with Gasteiger partial charge in [0.2, 0.25) is 11.0 Å². The standard InChI is InChI=1S/C19H26N4OS2/c24-17(20-13-7-10-15-8-3-1-4-9-15)14-25-19-23-22-18(26-19)21-16-11-5-2-6-12-16/h1,3-4,8-9,16H,2,5-7,10-14H2,(H,20,24)(H,21,22). The molecule has 0 radical (unpaired) electrons. The summed E-state index contributed by atoms with van der Waals surface area (Å²) < 4.78 is 0.850. The summed E-state index contributed by atoms with van der Waals surface area (Å²) in [6.45, 7) is 0.707. The first-order valence-corrected chi connectivity index (χ1v) is 11.1. The number of rotatable bonds is 9. The van der Waals surface area contributed by atoms with Crippen LogP contribution in [0.4, 0.5) is 5.13 Å². The monoisotopic (exact) mass is 390 g/mol. The summed E-state index contributed by atoms with van der Waals surface area (Å²) in [6, 6.07) is 10.9. The number of hydrogen-bond acceptors (Lipinski definition) is 6. The fourth-order valence-electron chi connectivity index (χ4n) is 3.09. The third kappa shape index (κ3) is 6.61. The van der Waals surface area contributed by atoms with Crippen LogP contribution in [-0.4, -0.2) is 34.4 Å². The number of carbonyl (C=O) groups is 1. The van der Waals surface area contributed by atoms with Crippen molar-refractivity contribution in [1.29, 1.82) is 0 Å². The second-order valence-corrected chi connectivity index (χ2v) is 8.78. The number of carbonyl (C=O) groups excluding carboxylic acids is 1. The number of anilines is 1. The molecule has 0 bridgehead atoms. The lowest BCUT2D eigenvalue weighted by atomic mass is 9.96. The molecule has 0 saturated heterocycles. The lowest BCUT2D eigenvalue weighted by molar-refractivity contribution is -0.118. The minimum atomic E-state index is 0.0556. The van der Waals surface area contributed by atoms with Gasteiger partial charge >= 0.3 is 0 Å². The maximum absolute atomic E-state index is 12.0. The number of benzene rings is 1. The van der Waals surface area contributed by atoms with Crippen molar-refractivity contribution in [2.45, 2.75) is 55.3 Å². The second kappa shape index (κ2) is 10.5. The Morgan fingerprint density at radius 3 is 2.77 bits per heavy atom. The van der Waals surface area contributed by atoms with Gasteiger partial charge in [-0.05, 0) is 31.2 Å². The lowest BCUT2D eigenvalue weighted by Gasteiger charge is -2.21. The summed E-state index contributed by atoms with van der Waals surface area (Å²) in [5.41, 5.74) is 1.31. The molecule has 0 unspecified atom stereocenters. The molecule has 2 aromatic rings. The Labute approximate surface area is 163 Å². The van der Waals surface area contributed by atoms with E-state index in [1.807, 2.05) is 18.2 Å². The van der Waals surface area contributed by atoms with Crippen molar-refractivity contribution >= 4 is 34.1 Å². The number of hydrogen-bond donors (Lipinski definition) is 2. The van der Waals surface area contributed by atoms with Gasteiger partial charge in [0.05, 0.1) is 5.75 Å². The zero-order valence-corrected chi connectivity index (χ0v) is 16.6. The minimum Gasteiger partial charge on any atom is -0.357 e. The number of aryl methyl sites for hydroxylation is 1. The molecule has 1 aliphatic rings. The third-order valence-electron chi connectivity index (χ3n) is 4.47. The molecular formula is C19H26N4OS2. The summed E-state index contributed by atoms with van der Waals surface area (Å²) in [4.78, 5) is 12.0. The Morgan fingerprint density at radius 1 is 1.15 bits per heavy atom.